The van der Waals surface area contributed by atoms with Gasteiger partial charge < -0.3 is 4.90 Å². The molecule has 0 aromatic heterocycles. The smallest absolute Gasteiger partial charge is 0.227 e. The topological polar surface area (TPSA) is 20.3 Å². The molecule has 1 aliphatic heterocycles. The van der Waals surface area contributed by atoms with Gasteiger partial charge in [0.1, 0.15) is 0 Å². The third kappa shape index (κ3) is 4.93. The second-order valence-electron chi connectivity index (χ2n) is 6.15. The van der Waals surface area contributed by atoms with E-state index in [0.29, 0.717) is 12.5 Å². The van der Waals surface area contributed by atoms with Gasteiger partial charge in [-0.25, -0.2) is 0 Å². The van der Waals surface area contributed by atoms with E-state index >= 15 is 0 Å². The highest BCUT2D eigenvalue weighted by atomic mass is 32.2. The maximum absolute atomic E-state index is 12.8. The molecule has 1 aliphatic rings. The molecule has 0 aliphatic carbocycles. The molecular formula is C21H23NOS2. The zero-order chi connectivity index (χ0) is 17.5. The summed E-state index contributed by atoms with van der Waals surface area (Å²) in [6.45, 7) is 5.28. The molecule has 1 heterocycles. The lowest BCUT2D eigenvalue weighted by atomic mass is 10.00. The van der Waals surface area contributed by atoms with Gasteiger partial charge in [0, 0.05) is 34.4 Å². The highest BCUT2D eigenvalue weighted by molar-refractivity contribution is 7.99. The molecule has 0 unspecified atom stereocenters. The number of hydrogen-bond donors (Lipinski definition) is 0. The Morgan fingerprint density at radius 1 is 0.960 bits per heavy atom. The minimum Gasteiger partial charge on any atom is -0.338 e. The van der Waals surface area contributed by atoms with E-state index in [1.54, 1.807) is 11.8 Å². The van der Waals surface area contributed by atoms with Gasteiger partial charge in [-0.05, 0) is 30.2 Å². The number of likely N-dealkylation sites (tertiary alicyclic amines) is 1. The Hall–Kier alpha value is -1.65. The van der Waals surface area contributed by atoms with Crippen LogP contribution in [-0.2, 0) is 4.79 Å². The van der Waals surface area contributed by atoms with E-state index in [9.17, 15) is 4.79 Å². The Morgan fingerprint density at radius 3 is 2.08 bits per heavy atom. The Labute approximate surface area is 158 Å². The van der Waals surface area contributed by atoms with Gasteiger partial charge in [0.2, 0.25) is 5.91 Å². The van der Waals surface area contributed by atoms with Crippen molar-refractivity contribution in [2.45, 2.75) is 9.79 Å². The first-order valence-corrected chi connectivity index (χ1v) is 10.5. The Kier molecular flexibility index (Phi) is 6.65. The van der Waals surface area contributed by atoms with Gasteiger partial charge in [0.25, 0.3) is 0 Å². The SMILES string of the molecule is C=CCN1C[C@@H](CSc2ccccc2)[C@H](CSc2ccccc2)C1=O. The van der Waals surface area contributed by atoms with E-state index in [4.69, 9.17) is 0 Å². The van der Waals surface area contributed by atoms with Crippen LogP contribution in [0.25, 0.3) is 0 Å². The highest BCUT2D eigenvalue weighted by Crippen LogP contribution is 2.34. The van der Waals surface area contributed by atoms with Crippen LogP contribution < -0.4 is 0 Å². The van der Waals surface area contributed by atoms with Crippen LogP contribution in [-0.4, -0.2) is 35.4 Å². The van der Waals surface area contributed by atoms with E-state index in [1.165, 1.54) is 9.79 Å². The van der Waals surface area contributed by atoms with Crippen molar-refractivity contribution in [2.24, 2.45) is 11.8 Å². The number of benzene rings is 2. The largest absolute Gasteiger partial charge is 0.338 e. The second kappa shape index (κ2) is 9.16. The fraction of sp³-hybridized carbons (Fsp3) is 0.286. The Balaban J connectivity index is 1.64. The van der Waals surface area contributed by atoms with E-state index in [1.807, 2.05) is 47.0 Å². The number of carbonyl (C=O) groups is 1. The summed E-state index contributed by atoms with van der Waals surface area (Å²) in [5.74, 6) is 2.57. The van der Waals surface area contributed by atoms with Gasteiger partial charge in [-0.2, -0.15) is 0 Å². The maximum Gasteiger partial charge on any atom is 0.227 e. The molecule has 0 radical (unpaired) electrons. The van der Waals surface area contributed by atoms with Gasteiger partial charge in [-0.3, -0.25) is 4.79 Å². The van der Waals surface area contributed by atoms with Crippen LogP contribution in [0.5, 0.6) is 0 Å². The molecule has 2 atom stereocenters. The van der Waals surface area contributed by atoms with Crippen LogP contribution in [0.15, 0.2) is 83.1 Å². The number of hydrogen-bond acceptors (Lipinski definition) is 3. The zero-order valence-electron chi connectivity index (χ0n) is 14.2. The van der Waals surface area contributed by atoms with Crippen LogP contribution in [0.2, 0.25) is 0 Å². The van der Waals surface area contributed by atoms with Crippen LogP contribution in [0.3, 0.4) is 0 Å². The monoisotopic (exact) mass is 369 g/mol. The molecule has 2 nitrogen and oxygen atoms in total. The maximum atomic E-state index is 12.8. The normalized spacial score (nSPS) is 20.0. The summed E-state index contributed by atoms with van der Waals surface area (Å²) in [5.41, 5.74) is 0. The first kappa shape index (κ1) is 18.2. The summed E-state index contributed by atoms with van der Waals surface area (Å²) >= 11 is 3.64. The van der Waals surface area contributed by atoms with Crippen LogP contribution >= 0.6 is 23.5 Å². The van der Waals surface area contributed by atoms with E-state index in [0.717, 1.165) is 18.1 Å². The van der Waals surface area contributed by atoms with Crippen LogP contribution in [0, 0.1) is 11.8 Å². The van der Waals surface area contributed by atoms with Crippen molar-refractivity contribution in [1.82, 2.24) is 4.90 Å². The third-order valence-corrected chi connectivity index (χ3v) is 6.71. The van der Waals surface area contributed by atoms with Gasteiger partial charge in [0.05, 0.1) is 5.92 Å². The predicted octanol–water partition coefficient (Wildman–Crippen LogP) is 4.83. The summed E-state index contributed by atoms with van der Waals surface area (Å²) < 4.78 is 0. The molecule has 3 rings (SSSR count). The minimum absolute atomic E-state index is 0.0846. The summed E-state index contributed by atoms with van der Waals surface area (Å²) in [6, 6.07) is 20.8. The van der Waals surface area contributed by atoms with Crippen LogP contribution in [0.4, 0.5) is 0 Å². The van der Waals surface area contributed by atoms with E-state index in [2.05, 4.69) is 43.0 Å². The molecule has 1 amide bonds. The number of rotatable bonds is 8. The first-order chi connectivity index (χ1) is 12.3. The van der Waals surface area contributed by atoms with E-state index < -0.39 is 0 Å². The van der Waals surface area contributed by atoms with Crippen molar-refractivity contribution < 1.29 is 4.79 Å². The van der Waals surface area contributed by atoms with E-state index in [-0.39, 0.29) is 11.8 Å². The number of thioether (sulfide) groups is 2. The fourth-order valence-electron chi connectivity index (χ4n) is 3.06. The van der Waals surface area contributed by atoms with Crippen molar-refractivity contribution in [3.05, 3.63) is 73.3 Å². The summed E-state index contributed by atoms with van der Waals surface area (Å²) in [7, 11) is 0. The second-order valence-corrected chi connectivity index (χ2v) is 8.33. The predicted molar refractivity (Wildman–Crippen MR) is 108 cm³/mol. The molecule has 0 spiro atoms. The molecule has 0 N–H and O–H groups in total. The standard InChI is InChI=1S/C21H23NOS2/c1-2-13-22-14-17(15-24-18-9-5-3-6-10-18)20(21(22)23)16-25-19-11-7-4-8-12-19/h2-12,17,20H,1,13-16H2/t17-,20-/m0/s1. The zero-order valence-corrected chi connectivity index (χ0v) is 15.8. The molecular weight excluding hydrogens is 346 g/mol. The molecule has 0 bridgehead atoms. The number of carbonyl (C=O) groups excluding carboxylic acids is 1. The van der Waals surface area contributed by atoms with Gasteiger partial charge in [-0.1, -0.05) is 42.5 Å². The number of amides is 1. The average Bonchev–Trinajstić information content (AvgIpc) is 2.95. The molecule has 130 valence electrons. The van der Waals surface area contributed by atoms with Crippen molar-refractivity contribution >= 4 is 29.4 Å². The lowest BCUT2D eigenvalue weighted by molar-refractivity contribution is -0.130. The highest BCUT2D eigenvalue weighted by Gasteiger charge is 2.39. The van der Waals surface area contributed by atoms with Gasteiger partial charge in [-0.15, -0.1) is 30.1 Å². The Bertz CT molecular complexity index is 690. The van der Waals surface area contributed by atoms with Gasteiger partial charge in [0.15, 0.2) is 0 Å². The average molecular weight is 370 g/mol. The Morgan fingerprint density at radius 2 is 1.52 bits per heavy atom. The molecule has 4 heteroatoms. The molecule has 0 saturated carbocycles. The van der Waals surface area contributed by atoms with Crippen molar-refractivity contribution in [2.75, 3.05) is 24.6 Å². The summed E-state index contributed by atoms with van der Waals surface area (Å²) in [4.78, 5) is 17.3. The third-order valence-electron chi connectivity index (χ3n) is 4.38. The molecule has 25 heavy (non-hydrogen) atoms. The minimum atomic E-state index is 0.0846. The molecule has 1 saturated heterocycles. The van der Waals surface area contributed by atoms with Crippen molar-refractivity contribution in [1.29, 1.82) is 0 Å². The summed E-state index contributed by atoms with van der Waals surface area (Å²) in [6.07, 6.45) is 1.83. The molecule has 1 fully saturated rings. The molecule has 2 aromatic carbocycles. The lowest BCUT2D eigenvalue weighted by Gasteiger charge is -2.16. The summed E-state index contributed by atoms with van der Waals surface area (Å²) in [5, 5.41) is 0. The number of nitrogens with zero attached hydrogens (tertiary/aromatic N) is 1. The van der Waals surface area contributed by atoms with Crippen LogP contribution in [0.1, 0.15) is 0 Å². The molecule has 2 aromatic rings. The lowest BCUT2D eigenvalue weighted by Crippen LogP contribution is -2.28. The fourth-order valence-corrected chi connectivity index (χ4v) is 5.29. The van der Waals surface area contributed by atoms with Gasteiger partial charge >= 0.3 is 0 Å². The first-order valence-electron chi connectivity index (χ1n) is 8.53. The van der Waals surface area contributed by atoms with Crippen molar-refractivity contribution in [3.63, 3.8) is 0 Å². The van der Waals surface area contributed by atoms with Crippen molar-refractivity contribution in [3.8, 4) is 0 Å². The quantitative estimate of drug-likeness (QED) is 0.491.